The lowest BCUT2D eigenvalue weighted by atomic mass is 9.79. The summed E-state index contributed by atoms with van der Waals surface area (Å²) in [6.07, 6.45) is -0.412. The largest absolute Gasteiger partial charge is 0.377 e. The summed E-state index contributed by atoms with van der Waals surface area (Å²) in [7, 11) is 4.66. The van der Waals surface area contributed by atoms with Gasteiger partial charge in [0.2, 0.25) is 11.8 Å². The molecule has 170 valence electrons. The molecule has 1 rings (SSSR count). The van der Waals surface area contributed by atoms with Crippen LogP contribution < -0.4 is 33.2 Å². The van der Waals surface area contributed by atoms with Crippen LogP contribution in [0.4, 0.5) is 0 Å². The molecular formula is C18H38N6O5. The summed E-state index contributed by atoms with van der Waals surface area (Å²) in [4.78, 5) is 24.6. The second kappa shape index (κ2) is 13.8. The maximum atomic E-state index is 12.3. The highest BCUT2D eigenvalue weighted by Gasteiger charge is 2.52. The van der Waals surface area contributed by atoms with E-state index in [0.29, 0.717) is 13.1 Å². The molecule has 1 saturated carbocycles. The lowest BCUT2D eigenvalue weighted by Crippen LogP contribution is -2.75. The fraction of sp³-hybridized carbons (Fsp3) is 0.889. The summed E-state index contributed by atoms with van der Waals surface area (Å²) >= 11 is 0. The Balaban J connectivity index is 3.23. The molecule has 0 aromatic rings. The Bertz CT molecular complexity index is 461. The lowest BCUT2D eigenvalue weighted by Gasteiger charge is -2.50. The molecule has 29 heavy (non-hydrogen) atoms. The summed E-state index contributed by atoms with van der Waals surface area (Å²) in [6.45, 7) is 1.61. The van der Waals surface area contributed by atoms with Gasteiger partial charge in [-0.25, -0.2) is 0 Å². The molecule has 0 bridgehead atoms. The highest BCUT2D eigenvalue weighted by atomic mass is 16.5. The van der Waals surface area contributed by atoms with Crippen molar-refractivity contribution in [3.63, 3.8) is 0 Å². The lowest BCUT2D eigenvalue weighted by molar-refractivity contribution is -0.147. The van der Waals surface area contributed by atoms with Crippen LogP contribution in [0.1, 0.15) is 19.3 Å². The van der Waals surface area contributed by atoms with Crippen molar-refractivity contribution in [1.82, 2.24) is 16.0 Å². The molecule has 0 aliphatic heterocycles. The summed E-state index contributed by atoms with van der Waals surface area (Å²) in [5.41, 5.74) is 16.6. The fourth-order valence-corrected chi connectivity index (χ4v) is 3.82. The molecule has 1 aliphatic rings. The minimum atomic E-state index is -0.582. The number of hydrogen-bond acceptors (Lipinski definition) is 9. The Hall–Kier alpha value is -1.34. The van der Waals surface area contributed by atoms with Crippen molar-refractivity contribution >= 4 is 11.8 Å². The fourth-order valence-electron chi connectivity index (χ4n) is 3.82. The van der Waals surface area contributed by atoms with E-state index in [-0.39, 0.29) is 43.8 Å². The van der Waals surface area contributed by atoms with Crippen molar-refractivity contribution < 1.29 is 23.8 Å². The van der Waals surface area contributed by atoms with Gasteiger partial charge in [0.15, 0.2) is 0 Å². The predicted octanol–water partition coefficient (Wildman–Crippen LogP) is -2.98. The van der Waals surface area contributed by atoms with E-state index >= 15 is 0 Å². The smallest absolute Gasteiger partial charge is 0.221 e. The average molecular weight is 419 g/mol. The van der Waals surface area contributed by atoms with E-state index in [1.807, 2.05) is 0 Å². The Labute approximate surface area is 172 Å². The highest BCUT2D eigenvalue weighted by Crippen LogP contribution is 2.28. The molecule has 0 heterocycles. The average Bonchev–Trinajstić information content (AvgIpc) is 2.69. The van der Waals surface area contributed by atoms with Crippen LogP contribution in [0.5, 0.6) is 0 Å². The van der Waals surface area contributed by atoms with E-state index in [2.05, 4.69) is 16.0 Å². The first-order valence-electron chi connectivity index (χ1n) is 9.99. The van der Waals surface area contributed by atoms with Gasteiger partial charge in [-0.1, -0.05) is 0 Å². The van der Waals surface area contributed by atoms with Gasteiger partial charge in [-0.15, -0.1) is 0 Å². The van der Waals surface area contributed by atoms with Gasteiger partial charge in [0, 0.05) is 47.3 Å². The number of nitrogens with two attached hydrogens (primary N) is 3. The molecule has 9 N–H and O–H groups in total. The number of carbonyl (C=O) groups excluding carboxylic acids is 2. The topological polar surface area (TPSA) is 176 Å². The minimum Gasteiger partial charge on any atom is -0.377 e. The van der Waals surface area contributed by atoms with Gasteiger partial charge in [0.25, 0.3) is 0 Å². The van der Waals surface area contributed by atoms with Crippen LogP contribution in [0.3, 0.4) is 0 Å². The van der Waals surface area contributed by atoms with Gasteiger partial charge in [-0.3, -0.25) is 9.59 Å². The molecule has 1 aliphatic carbocycles. The third-order valence-corrected chi connectivity index (χ3v) is 5.10. The van der Waals surface area contributed by atoms with Crippen molar-refractivity contribution in [3.8, 4) is 0 Å². The number of nitrogens with one attached hydrogen (secondary N) is 3. The summed E-state index contributed by atoms with van der Waals surface area (Å²) in [5, 5.41) is 9.32. The van der Waals surface area contributed by atoms with Gasteiger partial charge in [0.1, 0.15) is 6.10 Å². The number of ether oxygens (including phenoxy) is 3. The Morgan fingerprint density at radius 2 is 1.14 bits per heavy atom. The molecule has 0 unspecified atom stereocenters. The van der Waals surface area contributed by atoms with Gasteiger partial charge < -0.3 is 47.4 Å². The second-order valence-electron chi connectivity index (χ2n) is 6.99. The summed E-state index contributed by atoms with van der Waals surface area (Å²) in [5.74, 6) is -0.435. The van der Waals surface area contributed by atoms with Crippen molar-refractivity contribution in [3.05, 3.63) is 0 Å². The predicted molar refractivity (Wildman–Crippen MR) is 109 cm³/mol. The third kappa shape index (κ3) is 7.14. The molecular weight excluding hydrogens is 380 g/mol. The molecule has 0 spiro atoms. The standard InChI is InChI=1S/C18H38N6O5/c1-27-16-13(22-10-4-7-19)17(28-2)15(24-12(26)6-9-21)18(29-3)14(16)23-11(25)5-8-20/h13-18,22H,4-10,19-21H2,1-3H3,(H,23,25)(H,24,26)/t13-,14+,15-,16+,17-,18+. The van der Waals surface area contributed by atoms with Crippen LogP contribution in [0.15, 0.2) is 0 Å². The minimum absolute atomic E-state index is 0.173. The number of amides is 2. The second-order valence-corrected chi connectivity index (χ2v) is 6.99. The van der Waals surface area contributed by atoms with Crippen LogP contribution in [0, 0.1) is 0 Å². The van der Waals surface area contributed by atoms with Crippen molar-refractivity contribution in [2.24, 2.45) is 17.2 Å². The number of methoxy groups -OCH3 is 3. The first kappa shape index (κ1) is 25.7. The Morgan fingerprint density at radius 1 is 0.724 bits per heavy atom. The van der Waals surface area contributed by atoms with E-state index < -0.39 is 30.4 Å². The van der Waals surface area contributed by atoms with Crippen molar-refractivity contribution in [2.45, 2.75) is 55.7 Å². The monoisotopic (exact) mass is 418 g/mol. The van der Waals surface area contributed by atoms with Gasteiger partial charge in [-0.05, 0) is 19.5 Å². The molecule has 0 aromatic carbocycles. The van der Waals surface area contributed by atoms with Crippen molar-refractivity contribution in [2.75, 3.05) is 47.5 Å². The van der Waals surface area contributed by atoms with E-state index in [1.165, 1.54) is 7.11 Å². The van der Waals surface area contributed by atoms with Gasteiger partial charge in [0.05, 0.1) is 30.3 Å². The molecule has 0 radical (unpaired) electrons. The molecule has 2 amide bonds. The van der Waals surface area contributed by atoms with Crippen LogP contribution in [-0.4, -0.2) is 95.8 Å². The quantitative estimate of drug-likeness (QED) is 0.170. The van der Waals surface area contributed by atoms with Crippen LogP contribution in [-0.2, 0) is 23.8 Å². The zero-order chi connectivity index (χ0) is 21.8. The Morgan fingerprint density at radius 3 is 1.48 bits per heavy atom. The summed E-state index contributed by atoms with van der Waals surface area (Å²) < 4.78 is 17.2. The SMILES string of the molecule is CO[C@H]1[C@@H](NC(=O)CCN)[C@@H](OC)[C@@H](NCCCN)[C@@H](OC)[C@H]1NC(=O)CCN. The molecule has 6 atom stereocenters. The van der Waals surface area contributed by atoms with Crippen LogP contribution >= 0.6 is 0 Å². The molecule has 11 nitrogen and oxygen atoms in total. The zero-order valence-electron chi connectivity index (χ0n) is 17.7. The molecule has 0 saturated heterocycles. The Kier molecular flexibility index (Phi) is 12.2. The van der Waals surface area contributed by atoms with Crippen molar-refractivity contribution in [1.29, 1.82) is 0 Å². The first-order valence-corrected chi connectivity index (χ1v) is 9.99. The number of carbonyl (C=O) groups is 2. The van der Waals surface area contributed by atoms with E-state index in [1.54, 1.807) is 14.2 Å². The zero-order valence-corrected chi connectivity index (χ0v) is 17.7. The maximum Gasteiger partial charge on any atom is 0.221 e. The third-order valence-electron chi connectivity index (χ3n) is 5.10. The van der Waals surface area contributed by atoms with Gasteiger partial charge >= 0.3 is 0 Å². The maximum absolute atomic E-state index is 12.3. The normalized spacial score (nSPS) is 29.4. The summed E-state index contributed by atoms with van der Waals surface area (Å²) in [6, 6.07) is -1.39. The van der Waals surface area contributed by atoms with E-state index in [4.69, 9.17) is 31.4 Å². The number of rotatable bonds is 13. The van der Waals surface area contributed by atoms with E-state index in [9.17, 15) is 9.59 Å². The molecule has 11 heteroatoms. The van der Waals surface area contributed by atoms with Crippen LogP contribution in [0.2, 0.25) is 0 Å². The number of hydrogen-bond donors (Lipinski definition) is 6. The highest BCUT2D eigenvalue weighted by molar-refractivity contribution is 5.77. The molecule has 0 aromatic heterocycles. The van der Waals surface area contributed by atoms with Gasteiger partial charge in [-0.2, -0.15) is 0 Å². The molecule has 1 fully saturated rings. The first-order chi connectivity index (χ1) is 14.0. The van der Waals surface area contributed by atoms with Crippen LogP contribution in [0.25, 0.3) is 0 Å². The van der Waals surface area contributed by atoms with E-state index in [0.717, 1.165) is 6.42 Å².